The molecular formula is C6H16O2Si. The third kappa shape index (κ3) is 2.08. The van der Waals surface area contributed by atoms with Crippen molar-refractivity contribution in [2.24, 2.45) is 0 Å². The lowest BCUT2D eigenvalue weighted by atomic mass is 10.9. The Labute approximate surface area is 58.4 Å². The van der Waals surface area contributed by atoms with E-state index >= 15 is 0 Å². The van der Waals surface area contributed by atoms with Gasteiger partial charge in [-0.1, -0.05) is 13.8 Å². The molecular weight excluding hydrogens is 132 g/mol. The fourth-order valence-corrected chi connectivity index (χ4v) is 2.73. The van der Waals surface area contributed by atoms with E-state index in [9.17, 15) is 0 Å². The molecule has 0 rings (SSSR count). The van der Waals surface area contributed by atoms with Crippen molar-refractivity contribution >= 4 is 8.56 Å². The van der Waals surface area contributed by atoms with Crippen LogP contribution in [0, 0.1) is 0 Å². The molecule has 3 heteroatoms. The first-order chi connectivity index (χ1) is 4.24. The van der Waals surface area contributed by atoms with Crippen LogP contribution in [0.15, 0.2) is 0 Å². The van der Waals surface area contributed by atoms with Crippen LogP contribution in [0.25, 0.3) is 0 Å². The predicted molar refractivity (Wildman–Crippen MR) is 40.7 cm³/mol. The molecule has 0 aliphatic carbocycles. The Bertz CT molecular complexity index is 53.9. The summed E-state index contributed by atoms with van der Waals surface area (Å²) >= 11 is 0. The van der Waals surface area contributed by atoms with Crippen molar-refractivity contribution in [3.63, 3.8) is 0 Å². The maximum atomic E-state index is 5.30. The Morgan fingerprint density at radius 2 is 1.33 bits per heavy atom. The number of hydrogen-bond donors (Lipinski definition) is 0. The van der Waals surface area contributed by atoms with Gasteiger partial charge in [0.1, 0.15) is 0 Å². The van der Waals surface area contributed by atoms with E-state index in [2.05, 4.69) is 13.8 Å². The lowest BCUT2D eigenvalue weighted by Crippen LogP contribution is -2.37. The van der Waals surface area contributed by atoms with Crippen LogP contribution in [0.2, 0.25) is 12.1 Å². The van der Waals surface area contributed by atoms with Crippen molar-refractivity contribution in [1.29, 1.82) is 0 Å². The maximum Gasteiger partial charge on any atom is 0.337 e. The minimum atomic E-state index is -1.69. The number of rotatable bonds is 4. The molecule has 0 bridgehead atoms. The Morgan fingerprint density at radius 1 is 1.00 bits per heavy atom. The van der Waals surface area contributed by atoms with E-state index in [-0.39, 0.29) is 0 Å². The molecule has 0 atom stereocenters. The first-order valence-electron chi connectivity index (χ1n) is 3.35. The lowest BCUT2D eigenvalue weighted by molar-refractivity contribution is 0.244. The third-order valence-corrected chi connectivity index (χ3v) is 5.46. The van der Waals surface area contributed by atoms with Crippen LogP contribution in [0.1, 0.15) is 13.8 Å². The SMILES string of the molecule is CC[Si](CC)(OC)OC. The summed E-state index contributed by atoms with van der Waals surface area (Å²) in [5.41, 5.74) is 0. The molecule has 2 nitrogen and oxygen atoms in total. The second kappa shape index (κ2) is 4.03. The molecule has 0 unspecified atom stereocenters. The van der Waals surface area contributed by atoms with E-state index in [1.165, 1.54) is 0 Å². The van der Waals surface area contributed by atoms with Crippen molar-refractivity contribution in [2.75, 3.05) is 14.2 Å². The van der Waals surface area contributed by atoms with Crippen LogP contribution in [-0.2, 0) is 8.85 Å². The van der Waals surface area contributed by atoms with Crippen molar-refractivity contribution in [2.45, 2.75) is 25.9 Å². The lowest BCUT2D eigenvalue weighted by Gasteiger charge is -2.23. The van der Waals surface area contributed by atoms with Gasteiger partial charge in [0.05, 0.1) is 0 Å². The van der Waals surface area contributed by atoms with Gasteiger partial charge < -0.3 is 8.85 Å². The fourth-order valence-electron chi connectivity index (χ4n) is 0.911. The van der Waals surface area contributed by atoms with Gasteiger partial charge in [-0.2, -0.15) is 0 Å². The highest BCUT2D eigenvalue weighted by molar-refractivity contribution is 6.67. The van der Waals surface area contributed by atoms with Crippen LogP contribution in [-0.4, -0.2) is 22.8 Å². The molecule has 0 aromatic rings. The van der Waals surface area contributed by atoms with E-state index in [1.54, 1.807) is 14.2 Å². The van der Waals surface area contributed by atoms with Gasteiger partial charge >= 0.3 is 8.56 Å². The van der Waals surface area contributed by atoms with Gasteiger partial charge in [-0.05, 0) is 12.1 Å². The summed E-state index contributed by atoms with van der Waals surface area (Å²) in [5.74, 6) is 0. The Hall–Kier alpha value is 0.137. The van der Waals surface area contributed by atoms with Crippen LogP contribution < -0.4 is 0 Å². The Morgan fingerprint density at radius 3 is 1.33 bits per heavy atom. The molecule has 0 spiro atoms. The van der Waals surface area contributed by atoms with Crippen LogP contribution in [0.5, 0.6) is 0 Å². The molecule has 0 N–H and O–H groups in total. The normalized spacial score (nSPS) is 12.0. The first-order valence-corrected chi connectivity index (χ1v) is 5.58. The van der Waals surface area contributed by atoms with Crippen LogP contribution in [0.4, 0.5) is 0 Å². The first kappa shape index (κ1) is 9.14. The molecule has 9 heavy (non-hydrogen) atoms. The predicted octanol–water partition coefficient (Wildman–Crippen LogP) is 1.76. The second-order valence-corrected chi connectivity index (χ2v) is 6.08. The molecule has 0 aliphatic rings. The largest absolute Gasteiger partial charge is 0.398 e. The molecule has 0 saturated heterocycles. The summed E-state index contributed by atoms with van der Waals surface area (Å²) in [6.45, 7) is 4.23. The highest BCUT2D eigenvalue weighted by atomic mass is 28.4. The van der Waals surface area contributed by atoms with E-state index in [4.69, 9.17) is 8.85 Å². The van der Waals surface area contributed by atoms with Gasteiger partial charge in [-0.25, -0.2) is 0 Å². The molecule has 0 heterocycles. The zero-order chi connectivity index (χ0) is 7.33. The van der Waals surface area contributed by atoms with Crippen molar-refractivity contribution in [3.8, 4) is 0 Å². The van der Waals surface area contributed by atoms with Gasteiger partial charge in [0.15, 0.2) is 0 Å². The van der Waals surface area contributed by atoms with E-state index in [1.807, 2.05) is 0 Å². The molecule has 0 aliphatic heterocycles. The van der Waals surface area contributed by atoms with Crippen molar-refractivity contribution in [1.82, 2.24) is 0 Å². The maximum absolute atomic E-state index is 5.30. The summed E-state index contributed by atoms with van der Waals surface area (Å²) in [4.78, 5) is 0. The monoisotopic (exact) mass is 148 g/mol. The highest BCUT2D eigenvalue weighted by Crippen LogP contribution is 2.15. The molecule has 56 valence electrons. The van der Waals surface area contributed by atoms with E-state index in [0.717, 1.165) is 12.1 Å². The summed E-state index contributed by atoms with van der Waals surface area (Å²) < 4.78 is 10.6. The Kier molecular flexibility index (Phi) is 4.09. The summed E-state index contributed by atoms with van der Waals surface area (Å²) in [6, 6.07) is 2.08. The van der Waals surface area contributed by atoms with Crippen LogP contribution >= 0.6 is 0 Å². The van der Waals surface area contributed by atoms with Gasteiger partial charge in [0, 0.05) is 14.2 Å². The highest BCUT2D eigenvalue weighted by Gasteiger charge is 2.29. The second-order valence-electron chi connectivity index (χ2n) is 2.03. The van der Waals surface area contributed by atoms with E-state index in [0.29, 0.717) is 0 Å². The summed E-state index contributed by atoms with van der Waals surface area (Å²) in [5, 5.41) is 0. The van der Waals surface area contributed by atoms with Crippen LogP contribution in [0.3, 0.4) is 0 Å². The van der Waals surface area contributed by atoms with Gasteiger partial charge in [-0.15, -0.1) is 0 Å². The van der Waals surface area contributed by atoms with Gasteiger partial charge in [0.25, 0.3) is 0 Å². The fraction of sp³-hybridized carbons (Fsp3) is 1.00. The molecule has 0 fully saturated rings. The molecule has 0 amide bonds. The minimum absolute atomic E-state index is 1.04. The van der Waals surface area contributed by atoms with Crippen molar-refractivity contribution in [3.05, 3.63) is 0 Å². The third-order valence-electron chi connectivity index (χ3n) is 1.82. The minimum Gasteiger partial charge on any atom is -0.398 e. The molecule has 0 aromatic heterocycles. The number of hydrogen-bond acceptors (Lipinski definition) is 2. The Balaban J connectivity index is 3.82. The zero-order valence-corrected chi connectivity index (χ0v) is 7.73. The topological polar surface area (TPSA) is 18.5 Å². The summed E-state index contributed by atoms with van der Waals surface area (Å²) in [6.07, 6.45) is 0. The van der Waals surface area contributed by atoms with Crippen molar-refractivity contribution < 1.29 is 8.85 Å². The molecule has 0 saturated carbocycles. The molecule has 0 radical (unpaired) electrons. The van der Waals surface area contributed by atoms with Gasteiger partial charge in [0.2, 0.25) is 0 Å². The quantitative estimate of drug-likeness (QED) is 0.566. The van der Waals surface area contributed by atoms with Gasteiger partial charge in [-0.3, -0.25) is 0 Å². The average Bonchev–Trinajstić information content (AvgIpc) is 1.95. The zero-order valence-electron chi connectivity index (χ0n) is 6.73. The molecule has 0 aromatic carbocycles. The summed E-state index contributed by atoms with van der Waals surface area (Å²) in [7, 11) is 1.79. The standard InChI is InChI=1S/C6H16O2Si/c1-5-9(6-2,7-3)8-4/h5-6H2,1-4H3. The average molecular weight is 148 g/mol. The smallest absolute Gasteiger partial charge is 0.337 e. The van der Waals surface area contributed by atoms with E-state index < -0.39 is 8.56 Å².